The van der Waals surface area contributed by atoms with E-state index in [1.54, 1.807) is 12.3 Å². The summed E-state index contributed by atoms with van der Waals surface area (Å²) in [5.74, 6) is 0.535. The number of aromatic nitrogens is 3. The lowest BCUT2D eigenvalue weighted by molar-refractivity contribution is 0.289. The molecule has 5 rings (SSSR count). The van der Waals surface area contributed by atoms with Gasteiger partial charge in [0.15, 0.2) is 0 Å². The summed E-state index contributed by atoms with van der Waals surface area (Å²) in [6.45, 7) is 5.27. The van der Waals surface area contributed by atoms with Gasteiger partial charge >= 0.3 is 0 Å². The number of aromatic amines is 1. The van der Waals surface area contributed by atoms with Crippen LogP contribution in [-0.2, 0) is 4.57 Å². The summed E-state index contributed by atoms with van der Waals surface area (Å²) in [6, 6.07) is 6.16. The number of nitrogens with zero attached hydrogens (tertiary/aromatic N) is 3. The molecule has 3 aromatic rings. The van der Waals surface area contributed by atoms with E-state index >= 15 is 0 Å². The Morgan fingerprint density at radius 2 is 2.09 bits per heavy atom. The van der Waals surface area contributed by atoms with E-state index in [9.17, 15) is 9.83 Å². The number of hydrogen-bond donors (Lipinski definition) is 3. The number of nitriles is 1. The third-order valence-electron chi connectivity index (χ3n) is 6.92. The zero-order chi connectivity index (χ0) is 23.2. The van der Waals surface area contributed by atoms with Gasteiger partial charge in [-0.2, -0.15) is 5.26 Å². The second kappa shape index (κ2) is 8.43. The Labute approximate surface area is 198 Å². The predicted molar refractivity (Wildman–Crippen MR) is 134 cm³/mol. The highest BCUT2D eigenvalue weighted by Gasteiger charge is 2.34. The molecule has 0 unspecified atom stereocenters. The van der Waals surface area contributed by atoms with Crippen LogP contribution in [0.1, 0.15) is 45.1 Å². The Bertz CT molecular complexity index is 1290. The molecule has 0 radical (unpaired) electrons. The predicted octanol–water partition coefficient (Wildman–Crippen LogP) is 4.87. The number of hydrogen-bond acceptors (Lipinski definition) is 6. The van der Waals surface area contributed by atoms with Crippen LogP contribution in [0.25, 0.3) is 22.2 Å². The van der Waals surface area contributed by atoms with Crippen molar-refractivity contribution in [1.29, 1.82) is 5.26 Å². The Balaban J connectivity index is 1.53. The summed E-state index contributed by atoms with van der Waals surface area (Å²) in [6.07, 6.45) is 8.75. The maximum atomic E-state index is 13.7. The van der Waals surface area contributed by atoms with Gasteiger partial charge in [-0.15, -0.1) is 0 Å². The molecule has 2 fully saturated rings. The molecular formula is C24H28ClN6OP. The topological polar surface area (TPSA) is 106 Å². The van der Waals surface area contributed by atoms with Crippen molar-refractivity contribution in [3.63, 3.8) is 0 Å². The lowest BCUT2D eigenvalue weighted by Crippen LogP contribution is -2.50. The molecule has 172 valence electrons. The molecule has 2 aliphatic rings. The summed E-state index contributed by atoms with van der Waals surface area (Å²) >= 11 is 6.53. The molecule has 2 saturated heterocycles. The molecule has 0 aliphatic carbocycles. The second-order valence-corrected chi connectivity index (χ2v) is 13.3. The minimum Gasteiger partial charge on any atom is -0.360 e. The van der Waals surface area contributed by atoms with E-state index in [0.717, 1.165) is 48.7 Å². The van der Waals surface area contributed by atoms with Gasteiger partial charge in [-0.25, -0.2) is 9.97 Å². The molecule has 1 aromatic carbocycles. The average Bonchev–Trinajstić information content (AvgIpc) is 3.42. The fourth-order valence-corrected chi connectivity index (χ4v) is 8.51. The van der Waals surface area contributed by atoms with Gasteiger partial charge < -0.3 is 20.2 Å². The van der Waals surface area contributed by atoms with Gasteiger partial charge in [-0.05, 0) is 45.6 Å². The van der Waals surface area contributed by atoms with Crippen LogP contribution >= 0.6 is 18.7 Å². The maximum absolute atomic E-state index is 13.7. The monoisotopic (exact) mass is 482 g/mol. The van der Waals surface area contributed by atoms with Crippen LogP contribution in [-0.4, -0.2) is 45.4 Å². The summed E-state index contributed by atoms with van der Waals surface area (Å²) in [4.78, 5) is 12.4. The van der Waals surface area contributed by atoms with Crippen LogP contribution < -0.4 is 15.9 Å². The number of rotatable bonds is 4. The molecule has 2 aromatic heterocycles. The molecule has 0 saturated carbocycles. The fourth-order valence-electron chi connectivity index (χ4n) is 5.02. The van der Waals surface area contributed by atoms with Crippen molar-refractivity contribution in [3.05, 3.63) is 35.1 Å². The molecule has 0 amide bonds. The molecule has 7 nitrogen and oxygen atoms in total. The first-order chi connectivity index (χ1) is 15.8. The standard InChI is InChI=1S/C24H28ClN6OP/c1-24(2)8-7-16(12-29-24)30-23-28-14-19(25)20(31-23)18-13-27-21-17(18)6-5-15(11-26)22(21)33(32)9-3-4-10-33/h5-6,13-14,16,27,29H,3-4,7-10,12H2,1-2H3,(H,28,30,31)/t16-/m0/s1. The third-order valence-corrected chi connectivity index (χ3v) is 10.6. The Kier molecular flexibility index (Phi) is 5.73. The van der Waals surface area contributed by atoms with E-state index in [1.165, 1.54) is 0 Å². The molecule has 2 aliphatic heterocycles. The summed E-state index contributed by atoms with van der Waals surface area (Å²) in [7, 11) is -2.60. The average molecular weight is 483 g/mol. The van der Waals surface area contributed by atoms with Gasteiger partial charge in [0.2, 0.25) is 5.95 Å². The van der Waals surface area contributed by atoms with E-state index in [-0.39, 0.29) is 11.6 Å². The van der Waals surface area contributed by atoms with E-state index in [0.29, 0.717) is 39.9 Å². The number of nitrogens with one attached hydrogen (secondary N) is 3. The maximum Gasteiger partial charge on any atom is 0.223 e. The van der Waals surface area contributed by atoms with Gasteiger partial charge in [0, 0.05) is 47.6 Å². The Morgan fingerprint density at radius 1 is 1.30 bits per heavy atom. The van der Waals surface area contributed by atoms with Crippen LogP contribution in [0.5, 0.6) is 0 Å². The van der Waals surface area contributed by atoms with E-state index in [1.807, 2.05) is 12.3 Å². The van der Waals surface area contributed by atoms with Crippen LogP contribution in [0.4, 0.5) is 5.95 Å². The van der Waals surface area contributed by atoms with Gasteiger partial charge in [0.05, 0.1) is 39.4 Å². The fraction of sp³-hybridized carbons (Fsp3) is 0.458. The normalized spacial score (nSPS) is 21.7. The number of piperidine rings is 1. The lowest BCUT2D eigenvalue weighted by Gasteiger charge is -2.36. The largest absolute Gasteiger partial charge is 0.360 e. The molecule has 0 spiro atoms. The Morgan fingerprint density at radius 3 is 2.79 bits per heavy atom. The second-order valence-electron chi connectivity index (χ2n) is 9.78. The highest BCUT2D eigenvalue weighted by molar-refractivity contribution is 7.72. The molecule has 33 heavy (non-hydrogen) atoms. The molecule has 3 N–H and O–H groups in total. The van der Waals surface area contributed by atoms with E-state index in [2.05, 4.69) is 40.5 Å². The van der Waals surface area contributed by atoms with Gasteiger partial charge in [0.25, 0.3) is 0 Å². The molecule has 1 atom stereocenters. The van der Waals surface area contributed by atoms with E-state index < -0.39 is 7.14 Å². The lowest BCUT2D eigenvalue weighted by atomic mass is 9.91. The zero-order valence-corrected chi connectivity index (χ0v) is 20.6. The summed E-state index contributed by atoms with van der Waals surface area (Å²) in [5.41, 5.74) is 2.83. The molecule has 0 bridgehead atoms. The van der Waals surface area contributed by atoms with Crippen molar-refractivity contribution in [2.75, 3.05) is 24.2 Å². The van der Waals surface area contributed by atoms with Gasteiger partial charge in [0.1, 0.15) is 7.14 Å². The van der Waals surface area contributed by atoms with Crippen molar-refractivity contribution in [3.8, 4) is 17.3 Å². The van der Waals surface area contributed by atoms with Crippen molar-refractivity contribution in [1.82, 2.24) is 20.3 Å². The molecule has 9 heteroatoms. The first-order valence-corrected chi connectivity index (χ1v) is 13.9. The smallest absolute Gasteiger partial charge is 0.223 e. The van der Waals surface area contributed by atoms with Crippen LogP contribution in [0.2, 0.25) is 5.02 Å². The zero-order valence-electron chi connectivity index (χ0n) is 18.9. The molecular weight excluding hydrogens is 455 g/mol. The van der Waals surface area contributed by atoms with Crippen LogP contribution in [0.15, 0.2) is 24.5 Å². The molecule has 4 heterocycles. The van der Waals surface area contributed by atoms with Crippen molar-refractivity contribution >= 4 is 40.9 Å². The summed E-state index contributed by atoms with van der Waals surface area (Å²) in [5, 5.41) is 18.7. The van der Waals surface area contributed by atoms with Crippen LogP contribution in [0, 0.1) is 11.3 Å². The SMILES string of the molecule is CC1(C)CC[C@H](Nc2ncc(Cl)c(-c3c[nH]c4c(P5(=O)CCCC5)c(C#N)ccc34)n2)CN1. The summed E-state index contributed by atoms with van der Waals surface area (Å²) < 4.78 is 13.7. The van der Waals surface area contributed by atoms with E-state index in [4.69, 9.17) is 16.6 Å². The van der Waals surface area contributed by atoms with Crippen molar-refractivity contribution in [2.45, 2.75) is 51.1 Å². The highest BCUT2D eigenvalue weighted by Crippen LogP contribution is 2.53. The third kappa shape index (κ3) is 4.17. The number of H-pyrrole nitrogens is 1. The Hall–Kier alpha value is -2.39. The number of halogens is 1. The van der Waals surface area contributed by atoms with Crippen molar-refractivity contribution < 1.29 is 4.57 Å². The number of benzene rings is 1. The quantitative estimate of drug-likeness (QED) is 0.458. The van der Waals surface area contributed by atoms with Crippen LogP contribution in [0.3, 0.4) is 0 Å². The minimum atomic E-state index is -2.60. The first kappa shape index (κ1) is 22.4. The minimum absolute atomic E-state index is 0.148. The van der Waals surface area contributed by atoms with Crippen molar-refractivity contribution in [2.24, 2.45) is 0 Å². The van der Waals surface area contributed by atoms with Gasteiger partial charge in [-0.1, -0.05) is 17.7 Å². The first-order valence-electron chi connectivity index (χ1n) is 11.5. The highest BCUT2D eigenvalue weighted by atomic mass is 35.5. The van der Waals surface area contributed by atoms with Gasteiger partial charge in [-0.3, -0.25) is 0 Å². The number of anilines is 1. The number of fused-ring (bicyclic) bond motifs is 1.